The fourth-order valence-electron chi connectivity index (χ4n) is 1.27. The highest BCUT2D eigenvalue weighted by atomic mass is 32.2. The molecule has 0 atom stereocenters. The van der Waals surface area contributed by atoms with Crippen molar-refractivity contribution in [3.63, 3.8) is 0 Å². The zero-order valence-corrected chi connectivity index (χ0v) is 8.94. The molecule has 76 valence electrons. The highest BCUT2D eigenvalue weighted by Gasteiger charge is 2.58. The van der Waals surface area contributed by atoms with Gasteiger partial charge in [0, 0.05) is 12.3 Å². The van der Waals surface area contributed by atoms with Crippen LogP contribution in [0, 0.1) is 0 Å². The van der Waals surface area contributed by atoms with Gasteiger partial charge in [0.2, 0.25) is 5.91 Å². The summed E-state index contributed by atoms with van der Waals surface area (Å²) in [7, 11) is -3.25. The molecule has 4 nitrogen and oxygen atoms in total. The third kappa shape index (κ3) is 1.85. The number of carbonyl (C=O) groups excluding carboxylic acids is 1. The first-order valence-corrected chi connectivity index (χ1v) is 6.19. The van der Waals surface area contributed by atoms with Gasteiger partial charge in [-0.15, -0.1) is 0 Å². The average molecular weight is 205 g/mol. The SMILES string of the molecule is CC(C)NC(=O)C1(S(C)(=O)=O)CC1. The molecular weight excluding hydrogens is 190 g/mol. The first kappa shape index (κ1) is 10.5. The summed E-state index contributed by atoms with van der Waals surface area (Å²) < 4.78 is 21.5. The van der Waals surface area contributed by atoms with Crippen molar-refractivity contribution in [2.24, 2.45) is 0 Å². The van der Waals surface area contributed by atoms with Crippen molar-refractivity contribution in [3.05, 3.63) is 0 Å². The van der Waals surface area contributed by atoms with Crippen LogP contribution in [0.3, 0.4) is 0 Å². The van der Waals surface area contributed by atoms with E-state index in [0.717, 1.165) is 6.26 Å². The number of sulfone groups is 1. The number of carbonyl (C=O) groups is 1. The van der Waals surface area contributed by atoms with Gasteiger partial charge in [0.1, 0.15) is 0 Å². The molecule has 1 rings (SSSR count). The van der Waals surface area contributed by atoms with Gasteiger partial charge in [0.05, 0.1) is 0 Å². The van der Waals surface area contributed by atoms with Crippen LogP contribution in [-0.4, -0.2) is 31.4 Å². The summed E-state index contributed by atoms with van der Waals surface area (Å²) in [5, 5.41) is 2.63. The Morgan fingerprint density at radius 1 is 1.38 bits per heavy atom. The Morgan fingerprint density at radius 2 is 1.85 bits per heavy atom. The molecule has 5 heteroatoms. The Hall–Kier alpha value is -0.580. The Bertz CT molecular complexity index is 314. The largest absolute Gasteiger partial charge is 0.353 e. The predicted octanol–water partition coefficient (Wildman–Crippen LogP) is 0.0882. The minimum absolute atomic E-state index is 0.00766. The Morgan fingerprint density at radius 3 is 2.08 bits per heavy atom. The van der Waals surface area contributed by atoms with Crippen molar-refractivity contribution in [3.8, 4) is 0 Å². The molecule has 0 spiro atoms. The molecule has 1 aliphatic carbocycles. The van der Waals surface area contributed by atoms with Crippen molar-refractivity contribution in [1.29, 1.82) is 0 Å². The molecule has 1 saturated carbocycles. The molecule has 0 radical (unpaired) electrons. The molecule has 0 aromatic heterocycles. The lowest BCUT2D eigenvalue weighted by Crippen LogP contribution is -2.44. The van der Waals surface area contributed by atoms with E-state index in [2.05, 4.69) is 5.32 Å². The highest BCUT2D eigenvalue weighted by Crippen LogP contribution is 2.43. The van der Waals surface area contributed by atoms with Crippen LogP contribution in [0.25, 0.3) is 0 Å². The number of rotatable bonds is 3. The van der Waals surface area contributed by atoms with E-state index in [4.69, 9.17) is 0 Å². The summed E-state index contributed by atoms with van der Waals surface area (Å²) in [4.78, 5) is 11.5. The van der Waals surface area contributed by atoms with Gasteiger partial charge in [-0.2, -0.15) is 0 Å². The molecule has 0 heterocycles. The van der Waals surface area contributed by atoms with E-state index in [0.29, 0.717) is 12.8 Å². The van der Waals surface area contributed by atoms with Crippen LogP contribution in [0.1, 0.15) is 26.7 Å². The summed E-state index contributed by atoms with van der Waals surface area (Å²) in [5.74, 6) is -0.343. The van der Waals surface area contributed by atoms with Gasteiger partial charge in [-0.05, 0) is 26.7 Å². The molecule has 0 aromatic carbocycles. The number of nitrogens with one attached hydrogen (secondary N) is 1. The first-order valence-electron chi connectivity index (χ1n) is 4.30. The van der Waals surface area contributed by atoms with Gasteiger partial charge in [-0.25, -0.2) is 8.42 Å². The Kier molecular flexibility index (Phi) is 2.40. The molecule has 1 aliphatic rings. The summed E-state index contributed by atoms with van der Waals surface area (Å²) in [6.45, 7) is 3.63. The Labute approximate surface area is 78.6 Å². The van der Waals surface area contributed by atoms with E-state index in [1.54, 1.807) is 0 Å². The molecule has 0 aromatic rings. The molecule has 0 saturated heterocycles. The maximum absolute atomic E-state index is 11.5. The van der Waals surface area contributed by atoms with Gasteiger partial charge < -0.3 is 5.32 Å². The first-order chi connectivity index (χ1) is 5.79. The van der Waals surface area contributed by atoms with Crippen LogP contribution < -0.4 is 5.32 Å². The molecule has 13 heavy (non-hydrogen) atoms. The third-order valence-corrected chi connectivity index (χ3v) is 4.26. The predicted molar refractivity (Wildman–Crippen MR) is 50.1 cm³/mol. The average Bonchev–Trinajstić information content (AvgIpc) is 2.60. The van der Waals surface area contributed by atoms with Gasteiger partial charge in [0.15, 0.2) is 14.6 Å². The summed E-state index contributed by atoms with van der Waals surface area (Å²) in [6.07, 6.45) is 2.05. The molecule has 0 unspecified atom stereocenters. The lowest BCUT2D eigenvalue weighted by atomic mass is 10.3. The number of amides is 1. The topological polar surface area (TPSA) is 63.2 Å². The molecule has 1 amide bonds. The third-order valence-electron chi connectivity index (χ3n) is 2.25. The van der Waals surface area contributed by atoms with Crippen LogP contribution >= 0.6 is 0 Å². The van der Waals surface area contributed by atoms with E-state index in [1.165, 1.54) is 0 Å². The number of hydrogen-bond acceptors (Lipinski definition) is 3. The quantitative estimate of drug-likeness (QED) is 0.710. The molecule has 0 aliphatic heterocycles. The van der Waals surface area contributed by atoms with Gasteiger partial charge >= 0.3 is 0 Å². The second-order valence-electron chi connectivity index (χ2n) is 3.89. The monoisotopic (exact) mass is 205 g/mol. The van der Waals surface area contributed by atoms with E-state index in [9.17, 15) is 13.2 Å². The van der Waals surface area contributed by atoms with Crippen LogP contribution in [-0.2, 0) is 14.6 Å². The lowest BCUT2D eigenvalue weighted by molar-refractivity contribution is -0.121. The molecular formula is C8H15NO3S. The maximum Gasteiger partial charge on any atom is 0.241 e. The minimum Gasteiger partial charge on any atom is -0.353 e. The molecule has 0 bridgehead atoms. The van der Waals surface area contributed by atoms with E-state index < -0.39 is 14.6 Å². The van der Waals surface area contributed by atoms with Crippen LogP contribution in [0.4, 0.5) is 0 Å². The van der Waals surface area contributed by atoms with Crippen molar-refractivity contribution >= 4 is 15.7 Å². The van der Waals surface area contributed by atoms with Crippen molar-refractivity contribution in [1.82, 2.24) is 5.32 Å². The van der Waals surface area contributed by atoms with E-state index in [-0.39, 0.29) is 11.9 Å². The Balaban J connectivity index is 2.78. The zero-order valence-electron chi connectivity index (χ0n) is 8.12. The fourth-order valence-corrected chi connectivity index (χ4v) is 2.51. The second kappa shape index (κ2) is 2.97. The van der Waals surface area contributed by atoms with Gasteiger partial charge in [-0.1, -0.05) is 0 Å². The van der Waals surface area contributed by atoms with E-state index in [1.807, 2.05) is 13.8 Å². The standard InChI is InChI=1S/C8H15NO3S/c1-6(2)9-7(10)8(4-5-8)13(3,11)12/h6H,4-5H2,1-3H3,(H,9,10). The summed E-state index contributed by atoms with van der Waals surface area (Å²) >= 11 is 0. The summed E-state index contributed by atoms with van der Waals surface area (Å²) in [5.41, 5.74) is 0. The van der Waals surface area contributed by atoms with Crippen molar-refractivity contribution in [2.45, 2.75) is 37.5 Å². The number of hydrogen-bond donors (Lipinski definition) is 1. The van der Waals surface area contributed by atoms with E-state index >= 15 is 0 Å². The lowest BCUT2D eigenvalue weighted by Gasteiger charge is -2.15. The smallest absolute Gasteiger partial charge is 0.241 e. The second-order valence-corrected chi connectivity index (χ2v) is 6.22. The van der Waals surface area contributed by atoms with Crippen molar-refractivity contribution < 1.29 is 13.2 Å². The van der Waals surface area contributed by atoms with Crippen LogP contribution in [0.2, 0.25) is 0 Å². The molecule has 1 fully saturated rings. The van der Waals surface area contributed by atoms with Crippen LogP contribution in [0.5, 0.6) is 0 Å². The highest BCUT2D eigenvalue weighted by molar-refractivity contribution is 7.93. The summed E-state index contributed by atoms with van der Waals surface area (Å²) in [6, 6.07) is -0.00766. The molecule has 1 N–H and O–H groups in total. The zero-order chi connectivity index (χ0) is 10.3. The normalized spacial score (nSPS) is 20.0. The minimum atomic E-state index is -3.25. The maximum atomic E-state index is 11.5. The van der Waals surface area contributed by atoms with Crippen molar-refractivity contribution in [2.75, 3.05) is 6.26 Å². The van der Waals surface area contributed by atoms with Gasteiger partial charge in [0.25, 0.3) is 0 Å². The van der Waals surface area contributed by atoms with Gasteiger partial charge in [-0.3, -0.25) is 4.79 Å². The van der Waals surface area contributed by atoms with Crippen LogP contribution in [0.15, 0.2) is 0 Å². The fraction of sp³-hybridized carbons (Fsp3) is 0.875.